The summed E-state index contributed by atoms with van der Waals surface area (Å²) in [5.41, 5.74) is 3.21. The van der Waals surface area contributed by atoms with Gasteiger partial charge in [-0.1, -0.05) is 35.9 Å². The first-order valence-electron chi connectivity index (χ1n) is 9.04. The average Bonchev–Trinajstić information content (AvgIpc) is 2.65. The highest BCUT2D eigenvalue weighted by Gasteiger charge is 2.29. The molecule has 3 atom stereocenters. The highest BCUT2D eigenvalue weighted by molar-refractivity contribution is 7.91. The van der Waals surface area contributed by atoms with Crippen molar-refractivity contribution in [1.29, 1.82) is 0 Å². The summed E-state index contributed by atoms with van der Waals surface area (Å²) in [4.78, 5) is 0. The van der Waals surface area contributed by atoms with E-state index in [4.69, 9.17) is 21.1 Å². The van der Waals surface area contributed by atoms with Crippen LogP contribution in [0.25, 0.3) is 0 Å². The van der Waals surface area contributed by atoms with Gasteiger partial charge in [-0.05, 0) is 72.3 Å². The topological polar surface area (TPSA) is 41.5 Å². The maximum Gasteiger partial charge on any atom is 0.215 e. The summed E-state index contributed by atoms with van der Waals surface area (Å²) in [5, 5.41) is 0.758. The van der Waals surface area contributed by atoms with Gasteiger partial charge in [0.1, 0.15) is 5.75 Å². The molecule has 1 heterocycles. The number of rotatable bonds is 6. The summed E-state index contributed by atoms with van der Waals surface area (Å²) in [6.45, 7) is 2.64. The first-order valence-corrected chi connectivity index (χ1v) is 11.0. The van der Waals surface area contributed by atoms with E-state index in [0.29, 0.717) is 6.61 Å². The van der Waals surface area contributed by atoms with Crippen molar-refractivity contribution in [3.63, 3.8) is 0 Å². The van der Waals surface area contributed by atoms with Crippen LogP contribution in [0.5, 0.6) is 5.75 Å². The molecule has 0 saturated carbocycles. The van der Waals surface area contributed by atoms with Crippen molar-refractivity contribution >= 4 is 22.8 Å². The van der Waals surface area contributed by atoms with Crippen molar-refractivity contribution in [3.8, 4) is 5.75 Å². The van der Waals surface area contributed by atoms with E-state index < -0.39 is 11.2 Å². The lowest BCUT2D eigenvalue weighted by Crippen LogP contribution is -2.29. The lowest BCUT2D eigenvalue weighted by molar-refractivity contribution is -0.00974. The van der Waals surface area contributed by atoms with E-state index in [2.05, 4.69) is 18.2 Å². The van der Waals surface area contributed by atoms with Crippen LogP contribution in [0.1, 0.15) is 49.0 Å². The first-order chi connectivity index (χ1) is 12.6. The van der Waals surface area contributed by atoms with Crippen LogP contribution in [-0.4, -0.2) is 22.9 Å². The number of hydrogen-bond acceptors (Lipinski definition) is 3. The van der Waals surface area contributed by atoms with Gasteiger partial charge in [0.05, 0.1) is 19.0 Å². The van der Waals surface area contributed by atoms with E-state index in [1.165, 1.54) is 5.56 Å². The maximum absolute atomic E-state index is 11.8. The van der Waals surface area contributed by atoms with Crippen LogP contribution in [0.4, 0.5) is 0 Å². The number of ether oxygens (including phenoxy) is 2. The number of benzene rings is 2. The Morgan fingerprint density at radius 1 is 1.19 bits per heavy atom. The molecule has 3 nitrogen and oxygen atoms in total. The minimum atomic E-state index is -0.952. The summed E-state index contributed by atoms with van der Waals surface area (Å²) in [7, 11) is 0. The minimum absolute atomic E-state index is 0.00556. The fourth-order valence-corrected chi connectivity index (χ4v) is 4.27. The van der Waals surface area contributed by atoms with Crippen LogP contribution in [0.3, 0.4) is 0 Å². The molecule has 5 heteroatoms. The van der Waals surface area contributed by atoms with Gasteiger partial charge in [0.2, 0.25) is 5.44 Å². The molecular weight excluding hydrogens is 368 g/mol. The zero-order valence-corrected chi connectivity index (χ0v) is 16.8. The molecule has 0 amide bonds. The molecule has 0 radical (unpaired) electrons. The van der Waals surface area contributed by atoms with E-state index in [1.54, 1.807) is 6.26 Å². The molecule has 0 bridgehead atoms. The molecule has 1 fully saturated rings. The van der Waals surface area contributed by atoms with E-state index in [0.717, 1.165) is 47.6 Å². The van der Waals surface area contributed by atoms with Crippen molar-refractivity contribution < 1.29 is 14.0 Å². The Labute approximate surface area is 163 Å². The van der Waals surface area contributed by atoms with Gasteiger partial charge in [0.25, 0.3) is 0 Å². The molecule has 1 aliphatic heterocycles. The van der Waals surface area contributed by atoms with Crippen molar-refractivity contribution in [2.75, 3.05) is 12.9 Å². The predicted octanol–water partition coefficient (Wildman–Crippen LogP) is 5.28. The predicted molar refractivity (Wildman–Crippen MR) is 107 cm³/mol. The van der Waals surface area contributed by atoms with Gasteiger partial charge in [0.15, 0.2) is 0 Å². The molecule has 0 aromatic heterocycles. The van der Waals surface area contributed by atoms with Crippen LogP contribution in [0, 0.1) is 0 Å². The molecule has 26 heavy (non-hydrogen) atoms. The summed E-state index contributed by atoms with van der Waals surface area (Å²) >= 11 is 5.48. The molecule has 0 N–H and O–H groups in total. The van der Waals surface area contributed by atoms with Gasteiger partial charge in [-0.15, -0.1) is 0 Å². The molecule has 1 unspecified atom stereocenters. The molecule has 140 valence electrons. The average molecular weight is 393 g/mol. The third-order valence-corrected chi connectivity index (χ3v) is 6.12. The molecule has 0 aliphatic carbocycles. The van der Waals surface area contributed by atoms with E-state index >= 15 is 0 Å². The van der Waals surface area contributed by atoms with Gasteiger partial charge >= 0.3 is 0 Å². The van der Waals surface area contributed by atoms with Crippen LogP contribution < -0.4 is 4.74 Å². The second kappa shape index (κ2) is 9.14. The fourth-order valence-electron chi connectivity index (χ4n) is 3.30. The summed E-state index contributed by atoms with van der Waals surface area (Å²) in [5.74, 6) is 0.880. The Morgan fingerprint density at radius 3 is 2.65 bits per heavy atom. The quantitative estimate of drug-likeness (QED) is 0.628. The van der Waals surface area contributed by atoms with Gasteiger partial charge in [-0.3, -0.25) is 0 Å². The number of hydrogen-bond donors (Lipinski definition) is 0. The Hall–Kier alpha value is -1.20. The van der Waals surface area contributed by atoms with E-state index in [1.807, 2.05) is 31.2 Å². The molecular formula is C21H25ClO3S. The molecule has 3 rings (SSSR count). The van der Waals surface area contributed by atoms with Crippen molar-refractivity contribution in [1.82, 2.24) is 0 Å². The minimum Gasteiger partial charge on any atom is -0.615 e. The highest BCUT2D eigenvalue weighted by atomic mass is 35.5. The Morgan fingerprint density at radius 2 is 1.96 bits per heavy atom. The number of halogens is 1. The summed E-state index contributed by atoms with van der Waals surface area (Å²) < 4.78 is 23.3. The third kappa shape index (κ3) is 4.95. The van der Waals surface area contributed by atoms with Crippen LogP contribution >= 0.6 is 11.6 Å². The Balaban J connectivity index is 1.75. The van der Waals surface area contributed by atoms with Crippen molar-refractivity contribution in [2.45, 2.75) is 44.1 Å². The van der Waals surface area contributed by atoms with Gasteiger partial charge in [0, 0.05) is 11.4 Å². The highest BCUT2D eigenvalue weighted by Crippen LogP contribution is 2.35. The van der Waals surface area contributed by atoms with E-state index in [9.17, 15) is 4.55 Å². The monoisotopic (exact) mass is 392 g/mol. The van der Waals surface area contributed by atoms with Crippen LogP contribution in [0.15, 0.2) is 42.5 Å². The van der Waals surface area contributed by atoms with Gasteiger partial charge < -0.3 is 14.0 Å². The van der Waals surface area contributed by atoms with Crippen molar-refractivity contribution in [2.24, 2.45) is 0 Å². The normalized spacial score (nSPS) is 21.4. The molecule has 0 spiro atoms. The fraction of sp³-hybridized carbons (Fsp3) is 0.429. The molecule has 2 aromatic rings. The molecule has 2 aromatic carbocycles. The largest absolute Gasteiger partial charge is 0.615 e. The maximum atomic E-state index is 11.8. The smallest absolute Gasteiger partial charge is 0.215 e. The first kappa shape index (κ1) is 19.6. The molecule has 1 aliphatic rings. The zero-order valence-electron chi connectivity index (χ0n) is 15.2. The summed E-state index contributed by atoms with van der Waals surface area (Å²) in [6, 6.07) is 14.2. The zero-order chi connectivity index (χ0) is 18.5. The summed E-state index contributed by atoms with van der Waals surface area (Å²) in [6.07, 6.45) is 5.32. The Bertz CT molecular complexity index is 718. The van der Waals surface area contributed by atoms with E-state index in [-0.39, 0.29) is 11.5 Å². The second-order valence-electron chi connectivity index (χ2n) is 6.59. The Kier molecular flexibility index (Phi) is 6.87. The van der Waals surface area contributed by atoms with Crippen LogP contribution in [0.2, 0.25) is 5.02 Å². The molecule has 1 saturated heterocycles. The second-order valence-corrected chi connectivity index (χ2v) is 8.52. The van der Waals surface area contributed by atoms with Crippen LogP contribution in [-0.2, 0) is 22.3 Å². The van der Waals surface area contributed by atoms with Crippen molar-refractivity contribution in [3.05, 3.63) is 64.2 Å². The van der Waals surface area contributed by atoms with Gasteiger partial charge in [-0.25, -0.2) is 0 Å². The standard InChI is InChI=1S/C21H25ClO3S/c1-3-24-18-10-7-15(8-11-18)13-17-14-16(9-12-19(17)22)20-5-4-6-21(25-20)26(2)23/h7-12,14,20-21H,3-6,13H2,1-2H3/t20-,21+,26?/m0/s1. The lowest BCUT2D eigenvalue weighted by atomic mass is 9.97. The lowest BCUT2D eigenvalue weighted by Gasteiger charge is -2.30. The third-order valence-electron chi connectivity index (χ3n) is 4.66. The van der Waals surface area contributed by atoms with Gasteiger partial charge in [-0.2, -0.15) is 0 Å². The SMILES string of the molecule is CCOc1ccc(Cc2cc([C@@H]3CCC[C@@H]([S+](C)[O-])O3)ccc2Cl)cc1.